The maximum atomic E-state index is 13.5. The molecule has 13 nitrogen and oxygen atoms in total. The Morgan fingerprint density at radius 2 is 1.64 bits per heavy atom. The van der Waals surface area contributed by atoms with Crippen molar-refractivity contribution in [2.45, 2.75) is 59.0 Å². The molecule has 56 heavy (non-hydrogen) atoms. The van der Waals surface area contributed by atoms with Gasteiger partial charge in [0.2, 0.25) is 0 Å². The summed E-state index contributed by atoms with van der Waals surface area (Å²) in [5, 5.41) is 19.1. The van der Waals surface area contributed by atoms with Crippen molar-refractivity contribution in [2.75, 3.05) is 42.1 Å². The number of urea groups is 1. The second kappa shape index (κ2) is 17.0. The monoisotopic (exact) mass is 752 g/mol. The number of anilines is 4. The topological polar surface area (TPSA) is 151 Å². The van der Waals surface area contributed by atoms with E-state index in [1.54, 1.807) is 17.1 Å². The van der Waals surface area contributed by atoms with E-state index in [1.165, 1.54) is 6.20 Å². The lowest BCUT2D eigenvalue weighted by atomic mass is 9.92. The van der Waals surface area contributed by atoms with Gasteiger partial charge in [0, 0.05) is 48.1 Å². The molecule has 4 heterocycles. The van der Waals surface area contributed by atoms with Crippen molar-refractivity contribution in [1.82, 2.24) is 34.9 Å². The van der Waals surface area contributed by atoms with Crippen molar-refractivity contribution < 1.29 is 14.3 Å². The number of rotatable bonds is 9. The summed E-state index contributed by atoms with van der Waals surface area (Å²) in [6.45, 7) is 11.7. The van der Waals surface area contributed by atoms with Gasteiger partial charge in [-0.1, -0.05) is 69.2 Å². The lowest BCUT2D eigenvalue weighted by molar-refractivity contribution is 0.0750. The Labute approximate surface area is 326 Å². The molecule has 7 rings (SSSR count). The van der Waals surface area contributed by atoms with E-state index < -0.39 is 0 Å². The number of benzene rings is 3. The van der Waals surface area contributed by atoms with Crippen molar-refractivity contribution >= 4 is 45.9 Å². The van der Waals surface area contributed by atoms with E-state index in [0.717, 1.165) is 72.2 Å². The van der Waals surface area contributed by atoms with Gasteiger partial charge in [-0.15, -0.1) is 0 Å². The Balaban J connectivity index is 1.00. The van der Waals surface area contributed by atoms with Crippen LogP contribution in [0.4, 0.5) is 27.9 Å². The normalized spacial score (nSPS) is 13.7. The van der Waals surface area contributed by atoms with Gasteiger partial charge < -0.3 is 25.6 Å². The van der Waals surface area contributed by atoms with E-state index in [0.29, 0.717) is 41.1 Å². The molecular weight excluding hydrogens is 705 g/mol. The predicted molar refractivity (Wildman–Crippen MR) is 220 cm³/mol. The molecule has 1 fully saturated rings. The first-order valence-corrected chi connectivity index (χ1v) is 19.0. The molecule has 13 heteroatoms. The van der Waals surface area contributed by atoms with Gasteiger partial charge in [-0.25, -0.2) is 24.4 Å². The van der Waals surface area contributed by atoms with E-state index in [4.69, 9.17) is 9.84 Å². The Bertz CT molecular complexity index is 2290. The van der Waals surface area contributed by atoms with Crippen LogP contribution in [-0.4, -0.2) is 67.7 Å². The highest BCUT2D eigenvalue weighted by Crippen LogP contribution is 2.33. The highest BCUT2D eigenvalue weighted by molar-refractivity contribution is 6.07. The van der Waals surface area contributed by atoms with Crippen LogP contribution in [0.15, 0.2) is 97.5 Å². The van der Waals surface area contributed by atoms with Crippen molar-refractivity contribution in [3.8, 4) is 11.4 Å². The molecule has 6 aromatic rings. The first kappa shape index (κ1) is 38.0. The summed E-state index contributed by atoms with van der Waals surface area (Å²) in [5.74, 6) is 2.17. The van der Waals surface area contributed by atoms with Crippen LogP contribution in [0.2, 0.25) is 0 Å². The van der Waals surface area contributed by atoms with Gasteiger partial charge in [0.15, 0.2) is 0 Å². The third-order valence-corrected chi connectivity index (χ3v) is 9.60. The molecule has 4 N–H and O–H groups in total. The lowest BCUT2D eigenvalue weighted by Crippen LogP contribution is -2.37. The highest BCUT2D eigenvalue weighted by atomic mass is 16.5. The molecule has 0 saturated carbocycles. The van der Waals surface area contributed by atoms with E-state index in [9.17, 15) is 9.59 Å². The second-order valence-electron chi connectivity index (χ2n) is 15.0. The molecule has 1 aliphatic rings. The van der Waals surface area contributed by atoms with Gasteiger partial charge >= 0.3 is 6.03 Å². The number of ether oxygens (including phenoxy) is 1. The van der Waals surface area contributed by atoms with Gasteiger partial charge in [0.1, 0.15) is 35.5 Å². The summed E-state index contributed by atoms with van der Waals surface area (Å²) >= 11 is 0. The largest absolute Gasteiger partial charge is 0.488 e. The van der Waals surface area contributed by atoms with Crippen molar-refractivity contribution in [1.29, 1.82) is 0 Å². The van der Waals surface area contributed by atoms with Crippen molar-refractivity contribution in [2.24, 2.45) is 0 Å². The number of carbonyl (C=O) groups is 2. The summed E-state index contributed by atoms with van der Waals surface area (Å²) in [7, 11) is 0. The minimum Gasteiger partial charge on any atom is -0.488 e. The Kier molecular flexibility index (Phi) is 11.5. The van der Waals surface area contributed by atoms with Crippen LogP contribution in [0.25, 0.3) is 16.5 Å². The number of pyridine rings is 1. The Morgan fingerprint density at radius 3 is 2.43 bits per heavy atom. The second-order valence-corrected chi connectivity index (χ2v) is 15.0. The number of hydrogen-bond acceptors (Lipinski definition) is 9. The number of nitrogens with zero attached hydrogens (tertiary/aromatic N) is 6. The first-order valence-electron chi connectivity index (χ1n) is 19.0. The summed E-state index contributed by atoms with van der Waals surface area (Å²) < 4.78 is 8.09. The minimum absolute atomic E-state index is 0.110. The maximum absolute atomic E-state index is 13.5. The van der Waals surface area contributed by atoms with Crippen molar-refractivity contribution in [3.63, 3.8) is 0 Å². The van der Waals surface area contributed by atoms with E-state index in [2.05, 4.69) is 57.0 Å². The standard InChI is InChI=1S/C43H48N10O3/c1-29-12-14-31(15-13-29)53-40(25-37(51-53)43(2,3)4)50-42(55)48-34-16-17-36(33-11-7-6-10-32(33)34)56-28-30-18-20-45-38(24-30)49-39-27-46-35(26-47-39)41(54)52-22-9-5-8-19-44-21-23-52/h6-7,10-18,20,24-27,44H,5,8-9,19,21-23,28H2,1-4H3,(H,45,47,49)(H2,48,50,55). The Morgan fingerprint density at radius 1 is 0.821 bits per heavy atom. The molecule has 3 aromatic carbocycles. The quantitative estimate of drug-likeness (QED) is 0.115. The SMILES string of the molecule is Cc1ccc(-n2nc(C(C)(C)C)cc2NC(=O)Nc2ccc(OCc3ccnc(Nc4cnc(C(=O)N5CCCCCNCC5)cn4)c3)c3ccccc23)cc1. The zero-order valence-corrected chi connectivity index (χ0v) is 32.3. The molecule has 0 unspecified atom stereocenters. The molecule has 0 spiro atoms. The first-order chi connectivity index (χ1) is 27.1. The van der Waals surface area contributed by atoms with Crippen LogP contribution in [0.5, 0.6) is 5.75 Å². The molecule has 288 valence electrons. The van der Waals surface area contributed by atoms with E-state index in [-0.39, 0.29) is 24.0 Å². The fraction of sp³-hybridized carbons (Fsp3) is 0.302. The van der Waals surface area contributed by atoms with Crippen LogP contribution in [0, 0.1) is 6.92 Å². The number of nitrogens with one attached hydrogen (secondary N) is 4. The third kappa shape index (κ3) is 9.29. The average molecular weight is 753 g/mol. The van der Waals surface area contributed by atoms with Gasteiger partial charge in [0.25, 0.3) is 5.91 Å². The number of aromatic nitrogens is 5. The van der Waals surface area contributed by atoms with Gasteiger partial charge in [0.05, 0.1) is 29.5 Å². The molecule has 1 saturated heterocycles. The molecule has 3 aromatic heterocycles. The van der Waals surface area contributed by atoms with E-state index >= 15 is 0 Å². The number of carbonyl (C=O) groups excluding carboxylic acids is 2. The molecule has 1 aliphatic heterocycles. The van der Waals surface area contributed by atoms with Gasteiger partial charge in [-0.2, -0.15) is 5.10 Å². The van der Waals surface area contributed by atoms with Crippen LogP contribution < -0.4 is 26.0 Å². The van der Waals surface area contributed by atoms with Crippen LogP contribution in [0.3, 0.4) is 0 Å². The fourth-order valence-electron chi connectivity index (χ4n) is 6.47. The molecule has 3 amide bonds. The summed E-state index contributed by atoms with van der Waals surface area (Å²) in [5.41, 5.74) is 4.49. The number of aryl methyl sites for hydroxylation is 1. The van der Waals surface area contributed by atoms with Crippen molar-refractivity contribution in [3.05, 3.63) is 120 Å². The molecule has 0 atom stereocenters. The smallest absolute Gasteiger partial charge is 0.324 e. The van der Waals surface area contributed by atoms with E-state index in [1.807, 2.05) is 90.7 Å². The Hall–Kier alpha value is -6.34. The maximum Gasteiger partial charge on any atom is 0.324 e. The number of fused-ring (bicyclic) bond motifs is 1. The number of amides is 3. The predicted octanol–water partition coefficient (Wildman–Crippen LogP) is 8.00. The van der Waals surface area contributed by atoms with Crippen LogP contribution >= 0.6 is 0 Å². The van der Waals surface area contributed by atoms with Crippen LogP contribution in [0.1, 0.15) is 67.3 Å². The highest BCUT2D eigenvalue weighted by Gasteiger charge is 2.22. The zero-order valence-electron chi connectivity index (χ0n) is 32.3. The number of hydrogen-bond donors (Lipinski definition) is 4. The zero-order chi connectivity index (χ0) is 39.1. The lowest BCUT2D eigenvalue weighted by Gasteiger charge is -2.21. The fourth-order valence-corrected chi connectivity index (χ4v) is 6.47. The molecule has 0 aliphatic carbocycles. The molecule has 0 radical (unpaired) electrons. The van der Waals surface area contributed by atoms with Gasteiger partial charge in [-0.3, -0.25) is 10.1 Å². The third-order valence-electron chi connectivity index (χ3n) is 9.60. The summed E-state index contributed by atoms with van der Waals surface area (Å²) in [4.78, 5) is 41.7. The van der Waals surface area contributed by atoms with Crippen LogP contribution in [-0.2, 0) is 12.0 Å². The molecular formula is C43H48N10O3. The summed E-state index contributed by atoms with van der Waals surface area (Å²) in [6.07, 6.45) is 7.95. The summed E-state index contributed by atoms with van der Waals surface area (Å²) in [6, 6.07) is 24.8. The molecule has 0 bridgehead atoms. The minimum atomic E-state index is -0.388. The van der Waals surface area contributed by atoms with Gasteiger partial charge in [-0.05, 0) is 68.3 Å². The average Bonchev–Trinajstić information content (AvgIpc) is 3.67.